The minimum absolute atomic E-state index is 0.00696. The molecule has 2 heterocycles. The van der Waals surface area contributed by atoms with Gasteiger partial charge in [0.15, 0.2) is 0 Å². The van der Waals surface area contributed by atoms with Gasteiger partial charge >= 0.3 is 17.9 Å². The fourth-order valence-electron chi connectivity index (χ4n) is 4.17. The summed E-state index contributed by atoms with van der Waals surface area (Å²) in [6.45, 7) is 0. The van der Waals surface area contributed by atoms with Gasteiger partial charge in [0.1, 0.15) is 11.8 Å². The normalized spacial score (nSPS) is 15.7. The Bertz CT molecular complexity index is 1320. The lowest BCUT2D eigenvalue weighted by atomic mass is 9.86. The zero-order valence-electron chi connectivity index (χ0n) is 16.2. The van der Waals surface area contributed by atoms with E-state index in [2.05, 4.69) is 0 Å². The van der Waals surface area contributed by atoms with Crippen LogP contribution in [0.3, 0.4) is 0 Å². The molecule has 0 aliphatic carbocycles. The Morgan fingerprint density at radius 1 is 0.781 bits per heavy atom. The van der Waals surface area contributed by atoms with Crippen molar-refractivity contribution in [2.75, 3.05) is 0 Å². The first-order valence-corrected chi connectivity index (χ1v) is 9.52. The number of aliphatic carboxylic acids is 1. The van der Waals surface area contributed by atoms with Crippen molar-refractivity contribution >= 4 is 40.5 Å². The standard InChI is InChI=1S/C23H13NO8/c25-11-3-1-10(2-4-11)9-16(21(28)29)24-19(26)12-5-7-14-18-15(23(31)32-22(14)30)8-6-13(17(12)18)20(24)27/h1-8,16,25H,9H2,(H,28,29)/t16-/m0/s1. The number of amides is 2. The van der Waals surface area contributed by atoms with E-state index < -0.39 is 35.8 Å². The van der Waals surface area contributed by atoms with E-state index in [0.29, 0.717) is 10.5 Å². The van der Waals surface area contributed by atoms with Crippen LogP contribution >= 0.6 is 0 Å². The van der Waals surface area contributed by atoms with Gasteiger partial charge in [0, 0.05) is 28.3 Å². The minimum atomic E-state index is -1.51. The highest BCUT2D eigenvalue weighted by molar-refractivity contribution is 6.31. The molecule has 2 aliphatic rings. The van der Waals surface area contributed by atoms with E-state index in [1.54, 1.807) is 0 Å². The summed E-state index contributed by atoms with van der Waals surface area (Å²) in [5, 5.41) is 19.5. The van der Waals surface area contributed by atoms with Gasteiger partial charge in [-0.2, -0.15) is 0 Å². The lowest BCUT2D eigenvalue weighted by Crippen LogP contribution is -2.51. The second-order valence-corrected chi connectivity index (χ2v) is 7.45. The maximum atomic E-state index is 13.3. The molecule has 1 atom stereocenters. The van der Waals surface area contributed by atoms with Gasteiger partial charge in [-0.15, -0.1) is 0 Å². The fourth-order valence-corrected chi connectivity index (χ4v) is 4.17. The van der Waals surface area contributed by atoms with Crippen LogP contribution in [0.4, 0.5) is 0 Å². The first-order valence-electron chi connectivity index (χ1n) is 9.52. The van der Waals surface area contributed by atoms with Crippen molar-refractivity contribution in [3.8, 4) is 5.75 Å². The molecule has 3 aromatic carbocycles. The molecule has 9 heteroatoms. The molecule has 0 radical (unpaired) electrons. The molecule has 9 nitrogen and oxygen atoms in total. The molecule has 3 aromatic rings. The summed E-state index contributed by atoms with van der Waals surface area (Å²) in [6, 6.07) is 9.53. The molecular weight excluding hydrogens is 418 g/mol. The summed E-state index contributed by atoms with van der Waals surface area (Å²) in [4.78, 5) is 63.6. The molecule has 158 valence electrons. The number of phenolic OH excluding ortho intramolecular Hbond substituents is 1. The molecule has 0 unspecified atom stereocenters. The second kappa shape index (κ2) is 6.74. The second-order valence-electron chi connectivity index (χ2n) is 7.45. The van der Waals surface area contributed by atoms with Crippen LogP contribution in [0.2, 0.25) is 0 Å². The smallest absolute Gasteiger partial charge is 0.346 e. The number of ether oxygens (including phenoxy) is 1. The molecule has 2 amide bonds. The zero-order valence-corrected chi connectivity index (χ0v) is 16.2. The molecule has 32 heavy (non-hydrogen) atoms. The fraction of sp³-hybridized carbons (Fsp3) is 0.0870. The predicted octanol–water partition coefficient (Wildman–Crippen LogP) is 2.15. The van der Waals surface area contributed by atoms with E-state index in [1.165, 1.54) is 48.5 Å². The number of hydrogen-bond donors (Lipinski definition) is 2. The molecule has 2 N–H and O–H groups in total. The summed E-state index contributed by atoms with van der Waals surface area (Å²) in [7, 11) is 0. The summed E-state index contributed by atoms with van der Waals surface area (Å²) in [6.07, 6.45) is -0.174. The first-order chi connectivity index (χ1) is 15.3. The number of carbonyl (C=O) groups is 5. The van der Waals surface area contributed by atoms with E-state index in [9.17, 15) is 34.2 Å². The number of rotatable bonds is 4. The topological polar surface area (TPSA) is 138 Å². The molecule has 5 rings (SSSR count). The number of imide groups is 1. The van der Waals surface area contributed by atoms with E-state index in [4.69, 9.17) is 4.74 Å². The number of carboxylic acids is 1. The SMILES string of the molecule is O=C1OC(=O)c2ccc3c4c(ccc1c24)C(=O)N([C@@H](Cc1ccc(O)cc1)C(=O)O)C3=O. The van der Waals surface area contributed by atoms with Crippen molar-refractivity contribution < 1.29 is 38.9 Å². The number of phenols is 1. The van der Waals surface area contributed by atoms with Gasteiger partial charge in [0.05, 0.1) is 11.1 Å². The molecule has 0 saturated carbocycles. The van der Waals surface area contributed by atoms with Gasteiger partial charge in [0.2, 0.25) is 0 Å². The number of carboxylic acid groups (broad SMARTS) is 1. The summed E-state index contributed by atoms with van der Waals surface area (Å²) in [5.41, 5.74) is 0.626. The van der Waals surface area contributed by atoms with Crippen LogP contribution in [0.1, 0.15) is 47.0 Å². The average Bonchev–Trinajstić information content (AvgIpc) is 2.76. The van der Waals surface area contributed by atoms with Crippen molar-refractivity contribution in [3.63, 3.8) is 0 Å². The maximum absolute atomic E-state index is 13.3. The Kier molecular flexibility index (Phi) is 4.09. The zero-order chi connectivity index (χ0) is 22.7. The number of benzene rings is 3. The Labute approximate surface area is 179 Å². The third-order valence-corrected chi connectivity index (χ3v) is 5.65. The van der Waals surface area contributed by atoms with Gasteiger partial charge in [-0.25, -0.2) is 14.4 Å². The Morgan fingerprint density at radius 2 is 1.25 bits per heavy atom. The van der Waals surface area contributed by atoms with E-state index in [0.717, 1.165) is 0 Å². The quantitative estimate of drug-likeness (QED) is 0.364. The Balaban J connectivity index is 1.66. The summed E-state index contributed by atoms with van der Waals surface area (Å²) in [5.74, 6) is -4.85. The summed E-state index contributed by atoms with van der Waals surface area (Å²) < 4.78 is 4.70. The number of esters is 2. The molecule has 0 spiro atoms. The van der Waals surface area contributed by atoms with Crippen LogP contribution in [-0.4, -0.2) is 50.9 Å². The van der Waals surface area contributed by atoms with Crippen LogP contribution in [0.5, 0.6) is 5.75 Å². The molecule has 2 aliphatic heterocycles. The lowest BCUT2D eigenvalue weighted by Gasteiger charge is -2.32. The number of hydrogen-bond acceptors (Lipinski definition) is 7. The van der Waals surface area contributed by atoms with Crippen LogP contribution in [0.15, 0.2) is 48.5 Å². The van der Waals surface area contributed by atoms with E-state index in [-0.39, 0.29) is 45.2 Å². The van der Waals surface area contributed by atoms with Crippen molar-refractivity contribution in [3.05, 3.63) is 76.3 Å². The van der Waals surface area contributed by atoms with Gasteiger partial charge in [0.25, 0.3) is 11.8 Å². The summed E-state index contributed by atoms with van der Waals surface area (Å²) >= 11 is 0. The van der Waals surface area contributed by atoms with Crippen molar-refractivity contribution in [2.24, 2.45) is 0 Å². The number of nitrogens with zero attached hydrogens (tertiary/aromatic N) is 1. The largest absolute Gasteiger partial charge is 0.508 e. The molecular formula is C23H13NO8. The highest BCUT2D eigenvalue weighted by atomic mass is 16.6. The molecule has 0 saturated heterocycles. The van der Waals surface area contributed by atoms with Crippen molar-refractivity contribution in [1.29, 1.82) is 0 Å². The highest BCUT2D eigenvalue weighted by Gasteiger charge is 2.42. The predicted molar refractivity (Wildman–Crippen MR) is 107 cm³/mol. The average molecular weight is 431 g/mol. The van der Waals surface area contributed by atoms with E-state index >= 15 is 0 Å². The maximum Gasteiger partial charge on any atom is 0.346 e. The number of aromatic hydroxyl groups is 1. The Hall–Kier alpha value is -4.53. The van der Waals surface area contributed by atoms with Crippen LogP contribution in [0, 0.1) is 0 Å². The van der Waals surface area contributed by atoms with Gasteiger partial charge in [-0.1, -0.05) is 12.1 Å². The van der Waals surface area contributed by atoms with Crippen LogP contribution < -0.4 is 0 Å². The van der Waals surface area contributed by atoms with E-state index in [1.807, 2.05) is 0 Å². The van der Waals surface area contributed by atoms with Crippen molar-refractivity contribution in [2.45, 2.75) is 12.5 Å². The lowest BCUT2D eigenvalue weighted by molar-refractivity contribution is -0.141. The van der Waals surface area contributed by atoms with Crippen molar-refractivity contribution in [1.82, 2.24) is 4.90 Å². The van der Waals surface area contributed by atoms with Gasteiger partial charge < -0.3 is 14.9 Å². The molecule has 0 aromatic heterocycles. The monoisotopic (exact) mass is 431 g/mol. The van der Waals surface area contributed by atoms with Crippen LogP contribution in [0.25, 0.3) is 10.8 Å². The van der Waals surface area contributed by atoms with Crippen LogP contribution in [-0.2, 0) is 16.0 Å². The third kappa shape index (κ3) is 2.68. The van der Waals surface area contributed by atoms with Gasteiger partial charge in [-0.3, -0.25) is 14.5 Å². The number of cyclic esters (lactones) is 2. The molecule has 0 bridgehead atoms. The number of carbonyl (C=O) groups excluding carboxylic acids is 4. The minimum Gasteiger partial charge on any atom is -0.508 e. The Morgan fingerprint density at radius 3 is 1.75 bits per heavy atom. The highest BCUT2D eigenvalue weighted by Crippen LogP contribution is 2.37. The molecule has 0 fully saturated rings. The third-order valence-electron chi connectivity index (χ3n) is 5.65. The van der Waals surface area contributed by atoms with Gasteiger partial charge in [-0.05, 0) is 42.0 Å². The first kappa shape index (κ1) is 19.4.